The molecular weight excluding hydrogens is 396 g/mol. The van der Waals surface area contributed by atoms with Crippen LogP contribution in [0.3, 0.4) is 0 Å². The number of halogens is 2. The molecule has 1 spiro atoms. The van der Waals surface area contributed by atoms with Gasteiger partial charge in [-0.3, -0.25) is 14.4 Å². The molecular formula is C21H19F2N3O4. The van der Waals surface area contributed by atoms with E-state index < -0.39 is 34.6 Å². The Morgan fingerprint density at radius 1 is 1.30 bits per heavy atom. The third kappa shape index (κ3) is 2.64. The molecule has 30 heavy (non-hydrogen) atoms. The van der Waals surface area contributed by atoms with Gasteiger partial charge in [-0.2, -0.15) is 0 Å². The largest absolute Gasteiger partial charge is 0.503 e. The highest BCUT2D eigenvalue weighted by atomic mass is 19.1. The van der Waals surface area contributed by atoms with Gasteiger partial charge < -0.3 is 19.9 Å². The Bertz CT molecular complexity index is 1160. The maximum absolute atomic E-state index is 13.8. The average Bonchev–Trinajstić information content (AvgIpc) is 3.27. The molecule has 3 aliphatic rings. The Hall–Kier alpha value is -3.23. The highest BCUT2D eigenvalue weighted by Gasteiger charge is 2.56. The van der Waals surface area contributed by atoms with E-state index in [2.05, 4.69) is 5.32 Å². The summed E-state index contributed by atoms with van der Waals surface area (Å²) in [5, 5.41) is 12.8. The molecule has 2 atom stereocenters. The van der Waals surface area contributed by atoms with Gasteiger partial charge in [0.05, 0.1) is 5.54 Å². The topological polar surface area (TPSA) is 91.6 Å². The Labute approximate surface area is 169 Å². The van der Waals surface area contributed by atoms with Crippen LogP contribution in [0.15, 0.2) is 29.2 Å². The molecule has 1 saturated heterocycles. The van der Waals surface area contributed by atoms with Gasteiger partial charge in [0.1, 0.15) is 17.2 Å². The van der Waals surface area contributed by atoms with E-state index in [1.807, 2.05) is 0 Å². The Balaban J connectivity index is 1.46. The molecule has 9 heteroatoms. The number of carbonyl (C=O) groups excluding carboxylic acids is 2. The number of hydrogen-bond donors (Lipinski definition) is 2. The second-order valence-corrected chi connectivity index (χ2v) is 8.36. The maximum atomic E-state index is 13.8. The predicted octanol–water partition coefficient (Wildman–Crippen LogP) is 1.77. The summed E-state index contributed by atoms with van der Waals surface area (Å²) in [6, 6.07) is 2.97. The van der Waals surface area contributed by atoms with Gasteiger partial charge in [-0.25, -0.2) is 8.78 Å². The summed E-state index contributed by atoms with van der Waals surface area (Å²) < 4.78 is 28.3. The first-order valence-electron chi connectivity index (χ1n) is 9.79. The molecule has 0 radical (unpaired) electrons. The van der Waals surface area contributed by atoms with Gasteiger partial charge in [0.15, 0.2) is 11.4 Å². The van der Waals surface area contributed by atoms with Crippen LogP contribution in [0.4, 0.5) is 8.78 Å². The molecule has 2 aliphatic heterocycles. The van der Waals surface area contributed by atoms with Gasteiger partial charge in [-0.05, 0) is 31.2 Å². The van der Waals surface area contributed by atoms with E-state index in [4.69, 9.17) is 0 Å². The van der Waals surface area contributed by atoms with E-state index in [1.54, 1.807) is 4.90 Å². The summed E-state index contributed by atoms with van der Waals surface area (Å²) in [5.74, 6) is -3.08. The Morgan fingerprint density at radius 3 is 2.83 bits per heavy atom. The quantitative estimate of drug-likeness (QED) is 0.800. The second kappa shape index (κ2) is 6.38. The minimum absolute atomic E-state index is 0.0553. The molecule has 156 valence electrons. The van der Waals surface area contributed by atoms with Crippen LogP contribution in [0.25, 0.3) is 0 Å². The lowest BCUT2D eigenvalue weighted by Gasteiger charge is -2.44. The van der Waals surface area contributed by atoms with Gasteiger partial charge in [0, 0.05) is 37.5 Å². The predicted molar refractivity (Wildman–Crippen MR) is 101 cm³/mol. The van der Waals surface area contributed by atoms with Crippen molar-refractivity contribution in [2.75, 3.05) is 6.54 Å². The zero-order valence-corrected chi connectivity index (χ0v) is 16.0. The fourth-order valence-electron chi connectivity index (χ4n) is 5.14. The second-order valence-electron chi connectivity index (χ2n) is 8.36. The van der Waals surface area contributed by atoms with Crippen LogP contribution in [-0.2, 0) is 13.1 Å². The highest BCUT2D eigenvalue weighted by Crippen LogP contribution is 2.50. The minimum Gasteiger partial charge on any atom is -0.503 e. The van der Waals surface area contributed by atoms with Gasteiger partial charge in [-0.1, -0.05) is 6.07 Å². The zero-order chi connectivity index (χ0) is 21.2. The lowest BCUT2D eigenvalue weighted by Crippen LogP contribution is -2.55. The Kier molecular flexibility index (Phi) is 4.00. The van der Waals surface area contributed by atoms with E-state index in [-0.39, 0.29) is 28.9 Å². The highest BCUT2D eigenvalue weighted by molar-refractivity contribution is 5.99. The molecule has 1 saturated carbocycles. The van der Waals surface area contributed by atoms with Crippen LogP contribution in [0.5, 0.6) is 5.75 Å². The first kappa shape index (κ1) is 18.8. The molecule has 3 heterocycles. The monoisotopic (exact) mass is 415 g/mol. The number of piperidine rings is 1. The summed E-state index contributed by atoms with van der Waals surface area (Å²) in [4.78, 5) is 39.9. The van der Waals surface area contributed by atoms with E-state index in [0.29, 0.717) is 25.1 Å². The summed E-state index contributed by atoms with van der Waals surface area (Å²) in [5.41, 5.74) is -1.66. The zero-order valence-electron chi connectivity index (χ0n) is 16.0. The van der Waals surface area contributed by atoms with Crippen molar-refractivity contribution in [2.45, 2.75) is 37.9 Å². The van der Waals surface area contributed by atoms with Gasteiger partial charge in [0.2, 0.25) is 5.43 Å². The molecule has 2 aromatic rings. The van der Waals surface area contributed by atoms with Gasteiger partial charge in [-0.15, -0.1) is 0 Å². The third-order valence-corrected chi connectivity index (χ3v) is 6.57. The molecule has 2 bridgehead atoms. The number of amides is 2. The molecule has 1 aromatic heterocycles. The van der Waals surface area contributed by atoms with Crippen molar-refractivity contribution in [3.63, 3.8) is 0 Å². The van der Waals surface area contributed by atoms with Crippen molar-refractivity contribution in [1.29, 1.82) is 0 Å². The number of hydrogen-bond acceptors (Lipinski definition) is 4. The number of carbonyl (C=O) groups is 2. The summed E-state index contributed by atoms with van der Waals surface area (Å²) in [7, 11) is 0. The molecule has 2 fully saturated rings. The number of nitrogens with zero attached hydrogens (tertiary/aromatic N) is 2. The van der Waals surface area contributed by atoms with Crippen molar-refractivity contribution in [3.8, 4) is 5.75 Å². The molecule has 1 unspecified atom stereocenters. The summed E-state index contributed by atoms with van der Waals surface area (Å²) in [6.45, 7) is 0.772. The summed E-state index contributed by atoms with van der Waals surface area (Å²) in [6.07, 6.45) is 4.04. The number of nitrogens with one attached hydrogen (secondary N) is 1. The lowest BCUT2D eigenvalue weighted by molar-refractivity contribution is 0.0397. The maximum Gasteiger partial charge on any atom is 0.275 e. The molecule has 2 N–H and O–H groups in total. The summed E-state index contributed by atoms with van der Waals surface area (Å²) >= 11 is 0. The number of pyridine rings is 1. The lowest BCUT2D eigenvalue weighted by atomic mass is 9.93. The average molecular weight is 415 g/mol. The molecule has 1 aliphatic carbocycles. The van der Waals surface area contributed by atoms with Crippen molar-refractivity contribution >= 4 is 11.8 Å². The van der Waals surface area contributed by atoms with Gasteiger partial charge >= 0.3 is 0 Å². The number of aromatic nitrogens is 1. The van der Waals surface area contributed by atoms with E-state index in [0.717, 1.165) is 25.3 Å². The third-order valence-electron chi connectivity index (χ3n) is 6.57. The molecule has 7 nitrogen and oxygen atoms in total. The normalized spacial score (nSPS) is 24.0. The first-order chi connectivity index (χ1) is 14.3. The van der Waals surface area contributed by atoms with Crippen LogP contribution in [-0.4, -0.2) is 38.5 Å². The van der Waals surface area contributed by atoms with E-state index >= 15 is 0 Å². The van der Waals surface area contributed by atoms with Crippen LogP contribution >= 0.6 is 0 Å². The van der Waals surface area contributed by atoms with E-state index in [1.165, 1.54) is 16.8 Å². The van der Waals surface area contributed by atoms with Crippen LogP contribution in [0.1, 0.15) is 45.7 Å². The number of aromatic hydroxyl groups is 1. The molecule has 5 rings (SSSR count). The molecule has 2 amide bonds. The fourth-order valence-corrected chi connectivity index (χ4v) is 5.14. The Morgan fingerprint density at radius 2 is 2.10 bits per heavy atom. The van der Waals surface area contributed by atoms with Crippen LogP contribution in [0, 0.1) is 17.6 Å². The van der Waals surface area contributed by atoms with Crippen LogP contribution < -0.4 is 10.7 Å². The fraction of sp³-hybridized carbons (Fsp3) is 0.381. The molecule has 1 aromatic carbocycles. The van der Waals surface area contributed by atoms with Crippen molar-refractivity contribution in [1.82, 2.24) is 14.8 Å². The van der Waals surface area contributed by atoms with Crippen molar-refractivity contribution in [3.05, 3.63) is 63.1 Å². The number of fused-ring (bicyclic) bond motifs is 2. The smallest absolute Gasteiger partial charge is 0.275 e. The van der Waals surface area contributed by atoms with E-state index in [9.17, 15) is 28.3 Å². The first-order valence-corrected chi connectivity index (χ1v) is 9.79. The standard InChI is InChI=1S/C21H19F2N3O4/c22-13-2-1-12(15(23)5-13)7-24-19(29)14-9-25-10-21-4-3-11(6-21)8-26(21)20(30)16(25)18(28)17(14)27/h1-2,5,9,11,28H,3-4,6-8,10H2,(H,24,29)/t11-,21?/m1/s1. The van der Waals surface area contributed by atoms with Gasteiger partial charge in [0.25, 0.3) is 11.8 Å². The van der Waals surface area contributed by atoms with Crippen molar-refractivity contribution < 1.29 is 23.5 Å². The van der Waals surface area contributed by atoms with Crippen LogP contribution in [0.2, 0.25) is 0 Å². The number of benzene rings is 1. The minimum atomic E-state index is -0.952. The SMILES string of the molecule is O=C(NCc1ccc(F)cc1F)c1cn2c(c(O)c1=O)C(=O)N1C[C@@H]3CCC1(C3)C2. The number of rotatable bonds is 3. The van der Waals surface area contributed by atoms with Crippen molar-refractivity contribution in [2.24, 2.45) is 5.92 Å².